The number of nitro benzene ring substituents is 1. The molecule has 23 heavy (non-hydrogen) atoms. The maximum absolute atomic E-state index is 11.8. The number of nitrogens with zero attached hydrogens (tertiary/aromatic N) is 1. The molecule has 0 radical (unpaired) electrons. The van der Waals surface area contributed by atoms with E-state index < -0.39 is 11.1 Å². The molecule has 2 unspecified atom stereocenters. The van der Waals surface area contributed by atoms with Crippen molar-refractivity contribution in [3.63, 3.8) is 0 Å². The highest BCUT2D eigenvalue weighted by molar-refractivity contribution is 5.64. The Morgan fingerprint density at radius 3 is 2.48 bits per heavy atom. The van der Waals surface area contributed by atoms with Crippen LogP contribution in [0.5, 0.6) is 5.75 Å². The van der Waals surface area contributed by atoms with Gasteiger partial charge in [0.2, 0.25) is 0 Å². The van der Waals surface area contributed by atoms with Gasteiger partial charge in [-0.3, -0.25) is 10.1 Å². The number of rotatable bonds is 4. The summed E-state index contributed by atoms with van der Waals surface area (Å²) in [5.74, 6) is 1.16. The van der Waals surface area contributed by atoms with Crippen LogP contribution < -0.4 is 4.74 Å². The third-order valence-corrected chi connectivity index (χ3v) is 4.45. The third kappa shape index (κ3) is 5.54. The highest BCUT2D eigenvalue weighted by atomic mass is 16.7. The summed E-state index contributed by atoms with van der Waals surface area (Å²) < 4.78 is 10.3. The van der Waals surface area contributed by atoms with Gasteiger partial charge >= 0.3 is 6.16 Å². The SMILES string of the molecule is CC1CCCCCCC1COC(=O)Oc1ccc([N+](=O)[O-])cc1. The average molecular weight is 321 g/mol. The van der Waals surface area contributed by atoms with Crippen molar-refractivity contribution in [1.29, 1.82) is 0 Å². The lowest BCUT2D eigenvalue weighted by Gasteiger charge is -2.25. The Hall–Kier alpha value is -2.11. The van der Waals surface area contributed by atoms with Crippen molar-refractivity contribution in [1.82, 2.24) is 0 Å². The molecule has 0 spiro atoms. The van der Waals surface area contributed by atoms with Gasteiger partial charge in [0.25, 0.3) is 5.69 Å². The van der Waals surface area contributed by atoms with Gasteiger partial charge in [0, 0.05) is 12.1 Å². The zero-order chi connectivity index (χ0) is 16.7. The monoisotopic (exact) mass is 321 g/mol. The lowest BCUT2D eigenvalue weighted by molar-refractivity contribution is -0.384. The molecule has 1 aromatic rings. The fraction of sp³-hybridized carbons (Fsp3) is 0.588. The molecule has 0 saturated heterocycles. The molecule has 1 aliphatic rings. The van der Waals surface area contributed by atoms with Crippen LogP contribution in [0.3, 0.4) is 0 Å². The molecule has 1 saturated carbocycles. The Morgan fingerprint density at radius 1 is 1.17 bits per heavy atom. The maximum Gasteiger partial charge on any atom is 0.513 e. The summed E-state index contributed by atoms with van der Waals surface area (Å²) in [5, 5.41) is 10.6. The third-order valence-electron chi connectivity index (χ3n) is 4.45. The number of carbonyl (C=O) groups is 1. The quantitative estimate of drug-likeness (QED) is 0.347. The van der Waals surface area contributed by atoms with Crippen molar-refractivity contribution >= 4 is 11.8 Å². The molecule has 6 nitrogen and oxygen atoms in total. The Morgan fingerprint density at radius 2 is 1.83 bits per heavy atom. The van der Waals surface area contributed by atoms with Crippen LogP contribution in [-0.4, -0.2) is 17.7 Å². The van der Waals surface area contributed by atoms with E-state index in [2.05, 4.69) is 6.92 Å². The first-order valence-electron chi connectivity index (χ1n) is 8.15. The zero-order valence-electron chi connectivity index (χ0n) is 13.4. The molecule has 0 bridgehead atoms. The lowest BCUT2D eigenvalue weighted by atomic mass is 9.83. The first-order valence-corrected chi connectivity index (χ1v) is 8.15. The Bertz CT molecular complexity index is 528. The number of ether oxygens (including phenoxy) is 2. The Labute approximate surface area is 135 Å². The molecular weight excluding hydrogens is 298 g/mol. The molecule has 0 aromatic heterocycles. The van der Waals surface area contributed by atoms with Crippen LogP contribution in [0.4, 0.5) is 10.5 Å². The highest BCUT2D eigenvalue weighted by Gasteiger charge is 2.21. The van der Waals surface area contributed by atoms with Crippen molar-refractivity contribution in [2.45, 2.75) is 45.4 Å². The Kier molecular flexibility index (Phi) is 6.38. The first kappa shape index (κ1) is 17.2. The van der Waals surface area contributed by atoms with E-state index in [1.54, 1.807) is 0 Å². The summed E-state index contributed by atoms with van der Waals surface area (Å²) in [6.07, 6.45) is 6.45. The molecule has 2 rings (SSSR count). The second-order valence-corrected chi connectivity index (χ2v) is 6.14. The fourth-order valence-corrected chi connectivity index (χ4v) is 2.93. The van der Waals surface area contributed by atoms with E-state index in [4.69, 9.17) is 9.47 Å². The molecule has 1 aliphatic carbocycles. The number of carbonyl (C=O) groups excluding carboxylic acids is 1. The van der Waals surface area contributed by atoms with Gasteiger partial charge in [-0.05, 0) is 30.4 Å². The molecule has 1 aromatic carbocycles. The van der Waals surface area contributed by atoms with Crippen LogP contribution in [-0.2, 0) is 4.74 Å². The Balaban J connectivity index is 1.80. The summed E-state index contributed by atoms with van der Waals surface area (Å²) >= 11 is 0. The van der Waals surface area contributed by atoms with Crippen LogP contribution in [0.1, 0.15) is 45.4 Å². The summed E-state index contributed by atoms with van der Waals surface area (Å²) in [5.41, 5.74) is -0.0472. The molecule has 0 amide bonds. The molecule has 6 heteroatoms. The van der Waals surface area contributed by atoms with Crippen molar-refractivity contribution in [3.8, 4) is 5.75 Å². The lowest BCUT2D eigenvalue weighted by Crippen LogP contribution is -2.23. The topological polar surface area (TPSA) is 78.7 Å². The smallest absolute Gasteiger partial charge is 0.434 e. The van der Waals surface area contributed by atoms with Crippen molar-refractivity contribution in [2.75, 3.05) is 6.61 Å². The number of benzene rings is 1. The van der Waals surface area contributed by atoms with Crippen molar-refractivity contribution in [2.24, 2.45) is 11.8 Å². The van der Waals surface area contributed by atoms with Gasteiger partial charge in [0.15, 0.2) is 0 Å². The zero-order valence-corrected chi connectivity index (χ0v) is 13.4. The molecule has 0 heterocycles. The standard InChI is InChI=1S/C17H23NO5/c1-13-6-4-2-3-5-7-14(13)12-22-17(19)23-16-10-8-15(9-11-16)18(20)21/h8-11,13-14H,2-7,12H2,1H3. The maximum atomic E-state index is 11.8. The van der Waals surface area contributed by atoms with Crippen LogP contribution >= 0.6 is 0 Å². The largest absolute Gasteiger partial charge is 0.513 e. The van der Waals surface area contributed by atoms with E-state index in [1.807, 2.05) is 0 Å². The van der Waals surface area contributed by atoms with E-state index in [0.29, 0.717) is 18.4 Å². The van der Waals surface area contributed by atoms with Gasteiger partial charge in [-0.15, -0.1) is 0 Å². The molecule has 0 aliphatic heterocycles. The van der Waals surface area contributed by atoms with Crippen molar-refractivity contribution < 1.29 is 19.2 Å². The van der Waals surface area contributed by atoms with Crippen LogP contribution in [0.25, 0.3) is 0 Å². The normalized spacial score (nSPS) is 21.8. The first-order chi connectivity index (χ1) is 11.1. The van der Waals surface area contributed by atoms with Gasteiger partial charge in [-0.25, -0.2) is 4.79 Å². The van der Waals surface area contributed by atoms with E-state index in [9.17, 15) is 14.9 Å². The summed E-state index contributed by atoms with van der Waals surface area (Å²) in [6.45, 7) is 2.58. The van der Waals surface area contributed by atoms with Crippen molar-refractivity contribution in [3.05, 3.63) is 34.4 Å². The predicted octanol–water partition coefficient (Wildman–Crippen LogP) is 4.72. The van der Waals surface area contributed by atoms with Crippen LogP contribution in [0.2, 0.25) is 0 Å². The molecule has 2 atom stereocenters. The second-order valence-electron chi connectivity index (χ2n) is 6.14. The average Bonchev–Trinajstić information content (AvgIpc) is 2.51. The molecule has 1 fully saturated rings. The number of hydrogen-bond donors (Lipinski definition) is 0. The number of non-ortho nitro benzene ring substituents is 1. The molecule has 0 N–H and O–H groups in total. The minimum absolute atomic E-state index is 0.0472. The van der Waals surface area contributed by atoms with E-state index in [1.165, 1.54) is 56.4 Å². The minimum atomic E-state index is -0.756. The van der Waals surface area contributed by atoms with Gasteiger partial charge < -0.3 is 9.47 Å². The van der Waals surface area contributed by atoms with Gasteiger partial charge in [-0.1, -0.05) is 39.0 Å². The second kappa shape index (κ2) is 8.50. The summed E-state index contributed by atoms with van der Waals surface area (Å²) in [7, 11) is 0. The van der Waals surface area contributed by atoms with E-state index in [-0.39, 0.29) is 11.4 Å². The van der Waals surface area contributed by atoms with E-state index in [0.717, 1.165) is 6.42 Å². The minimum Gasteiger partial charge on any atom is -0.434 e. The van der Waals surface area contributed by atoms with Gasteiger partial charge in [-0.2, -0.15) is 0 Å². The van der Waals surface area contributed by atoms with Gasteiger partial charge in [0.05, 0.1) is 11.5 Å². The van der Waals surface area contributed by atoms with Gasteiger partial charge in [0.1, 0.15) is 5.75 Å². The fourth-order valence-electron chi connectivity index (χ4n) is 2.93. The number of nitro groups is 1. The van der Waals surface area contributed by atoms with Crippen LogP contribution in [0, 0.1) is 22.0 Å². The highest BCUT2D eigenvalue weighted by Crippen LogP contribution is 2.28. The summed E-state index contributed by atoms with van der Waals surface area (Å²) in [6, 6.07) is 5.36. The van der Waals surface area contributed by atoms with E-state index >= 15 is 0 Å². The number of hydrogen-bond acceptors (Lipinski definition) is 5. The summed E-state index contributed by atoms with van der Waals surface area (Å²) in [4.78, 5) is 21.8. The predicted molar refractivity (Wildman–Crippen MR) is 85.4 cm³/mol. The van der Waals surface area contributed by atoms with Crippen LogP contribution in [0.15, 0.2) is 24.3 Å². The molecule has 126 valence electrons. The molecular formula is C17H23NO5.